The normalized spacial score (nSPS) is 12.1. The summed E-state index contributed by atoms with van der Waals surface area (Å²) < 4.78 is 13.4. The van der Waals surface area contributed by atoms with Gasteiger partial charge in [-0.05, 0) is 24.6 Å². The van der Waals surface area contributed by atoms with Crippen molar-refractivity contribution in [2.75, 3.05) is 5.32 Å². The minimum absolute atomic E-state index is 0.116. The molecule has 108 valence electrons. The number of nitrogens with zero attached hydrogens (tertiary/aromatic N) is 1. The third kappa shape index (κ3) is 4.42. The fourth-order valence-corrected chi connectivity index (χ4v) is 1.57. The van der Waals surface area contributed by atoms with Crippen LogP contribution in [0.2, 0.25) is 0 Å². The van der Waals surface area contributed by atoms with E-state index in [1.165, 1.54) is 18.3 Å². The Morgan fingerprint density at radius 1 is 1.19 bits per heavy atom. The van der Waals surface area contributed by atoms with E-state index >= 15 is 0 Å². The summed E-state index contributed by atoms with van der Waals surface area (Å²) >= 11 is 0. The van der Waals surface area contributed by atoms with Gasteiger partial charge in [-0.2, -0.15) is 0 Å². The third-order valence-corrected chi connectivity index (χ3v) is 2.72. The summed E-state index contributed by atoms with van der Waals surface area (Å²) in [7, 11) is 0. The number of oxime groups is 1. The van der Waals surface area contributed by atoms with Crippen LogP contribution in [0.4, 0.5) is 10.1 Å². The molecule has 1 N–H and O–H groups in total. The zero-order chi connectivity index (χ0) is 15.1. The lowest BCUT2D eigenvalue weighted by Crippen LogP contribution is -2.26. The number of benzene rings is 2. The predicted molar refractivity (Wildman–Crippen MR) is 79.6 cm³/mol. The molecule has 0 aliphatic heterocycles. The van der Waals surface area contributed by atoms with Gasteiger partial charge in [0.2, 0.25) is 6.10 Å². The topological polar surface area (TPSA) is 50.7 Å². The van der Waals surface area contributed by atoms with E-state index in [2.05, 4.69) is 10.5 Å². The number of carbonyl (C=O) groups excluding carboxylic acids is 1. The first-order valence-electron chi connectivity index (χ1n) is 6.46. The van der Waals surface area contributed by atoms with Crippen molar-refractivity contribution in [2.24, 2.45) is 5.16 Å². The zero-order valence-corrected chi connectivity index (χ0v) is 11.5. The number of amides is 1. The van der Waals surface area contributed by atoms with Gasteiger partial charge in [0.15, 0.2) is 0 Å². The van der Waals surface area contributed by atoms with Gasteiger partial charge in [-0.3, -0.25) is 4.79 Å². The maximum absolute atomic E-state index is 13.4. The van der Waals surface area contributed by atoms with Gasteiger partial charge in [-0.25, -0.2) is 4.39 Å². The number of nitrogens with one attached hydrogen (secondary N) is 1. The lowest BCUT2D eigenvalue weighted by molar-refractivity contribution is -0.126. The minimum Gasteiger partial charge on any atom is -0.383 e. The molecule has 0 spiro atoms. The van der Waals surface area contributed by atoms with Gasteiger partial charge in [-0.1, -0.05) is 47.6 Å². The number of halogens is 1. The average molecular weight is 286 g/mol. The minimum atomic E-state index is -0.829. The summed E-state index contributed by atoms with van der Waals surface area (Å²) in [6, 6.07) is 15.3. The molecule has 1 amide bonds. The second kappa shape index (κ2) is 7.19. The SMILES string of the molecule is C[C@H](O/N=C\c1ccccc1)C(=O)Nc1ccccc1F. The van der Waals surface area contributed by atoms with Crippen molar-refractivity contribution in [1.82, 2.24) is 0 Å². The van der Waals surface area contributed by atoms with E-state index in [4.69, 9.17) is 4.84 Å². The first kappa shape index (κ1) is 14.7. The van der Waals surface area contributed by atoms with Crippen LogP contribution in [0, 0.1) is 5.82 Å². The molecule has 0 saturated carbocycles. The van der Waals surface area contributed by atoms with Crippen LogP contribution in [0.25, 0.3) is 0 Å². The molecule has 0 aliphatic rings. The Morgan fingerprint density at radius 3 is 2.57 bits per heavy atom. The van der Waals surface area contributed by atoms with Crippen molar-refractivity contribution in [2.45, 2.75) is 13.0 Å². The molecule has 0 heterocycles. The molecule has 0 radical (unpaired) electrons. The van der Waals surface area contributed by atoms with Crippen molar-refractivity contribution < 1.29 is 14.0 Å². The van der Waals surface area contributed by atoms with Gasteiger partial charge in [-0.15, -0.1) is 0 Å². The summed E-state index contributed by atoms with van der Waals surface area (Å²) in [5.41, 5.74) is 0.976. The number of rotatable bonds is 5. The molecule has 4 nitrogen and oxygen atoms in total. The van der Waals surface area contributed by atoms with Crippen LogP contribution in [0.1, 0.15) is 12.5 Å². The lowest BCUT2D eigenvalue weighted by Gasteiger charge is -2.10. The molecule has 0 saturated heterocycles. The molecule has 2 aromatic carbocycles. The highest BCUT2D eigenvalue weighted by atomic mass is 19.1. The summed E-state index contributed by atoms with van der Waals surface area (Å²) in [5.74, 6) is -0.962. The molecule has 0 aliphatic carbocycles. The Kier molecular flexibility index (Phi) is 5.04. The smallest absolute Gasteiger partial charge is 0.268 e. The van der Waals surface area contributed by atoms with Crippen LogP contribution in [0.3, 0.4) is 0 Å². The number of hydrogen-bond donors (Lipinski definition) is 1. The van der Waals surface area contributed by atoms with E-state index in [9.17, 15) is 9.18 Å². The van der Waals surface area contributed by atoms with Crippen molar-refractivity contribution in [3.05, 3.63) is 66.0 Å². The molecule has 2 aromatic rings. The number of anilines is 1. The van der Waals surface area contributed by atoms with Crippen LogP contribution in [-0.2, 0) is 9.63 Å². The van der Waals surface area contributed by atoms with E-state index in [0.29, 0.717) is 0 Å². The summed E-state index contributed by atoms with van der Waals surface area (Å²) in [4.78, 5) is 16.9. The maximum Gasteiger partial charge on any atom is 0.268 e. The van der Waals surface area contributed by atoms with E-state index in [1.54, 1.807) is 19.1 Å². The first-order valence-corrected chi connectivity index (χ1v) is 6.46. The monoisotopic (exact) mass is 286 g/mol. The molecule has 0 fully saturated rings. The van der Waals surface area contributed by atoms with Crippen molar-refractivity contribution in [3.63, 3.8) is 0 Å². The fourth-order valence-electron chi connectivity index (χ4n) is 1.57. The Balaban J connectivity index is 1.88. The Hall–Kier alpha value is -2.69. The lowest BCUT2D eigenvalue weighted by atomic mass is 10.2. The largest absolute Gasteiger partial charge is 0.383 e. The van der Waals surface area contributed by atoms with Gasteiger partial charge >= 0.3 is 0 Å². The van der Waals surface area contributed by atoms with Crippen molar-refractivity contribution >= 4 is 17.8 Å². The van der Waals surface area contributed by atoms with E-state index < -0.39 is 17.8 Å². The Bertz CT molecular complexity index is 629. The number of hydrogen-bond acceptors (Lipinski definition) is 3. The zero-order valence-electron chi connectivity index (χ0n) is 11.5. The van der Waals surface area contributed by atoms with Crippen molar-refractivity contribution in [3.8, 4) is 0 Å². The van der Waals surface area contributed by atoms with Gasteiger partial charge in [0.05, 0.1) is 11.9 Å². The van der Waals surface area contributed by atoms with Gasteiger partial charge < -0.3 is 10.2 Å². The number of carbonyl (C=O) groups is 1. The molecular weight excluding hydrogens is 271 g/mol. The molecule has 0 aromatic heterocycles. The first-order chi connectivity index (χ1) is 10.2. The van der Waals surface area contributed by atoms with Crippen LogP contribution < -0.4 is 5.32 Å². The van der Waals surface area contributed by atoms with E-state index in [1.807, 2.05) is 30.3 Å². The highest BCUT2D eigenvalue weighted by Crippen LogP contribution is 2.13. The van der Waals surface area contributed by atoms with Crippen LogP contribution in [-0.4, -0.2) is 18.2 Å². The molecule has 21 heavy (non-hydrogen) atoms. The quantitative estimate of drug-likeness (QED) is 0.678. The molecule has 0 unspecified atom stereocenters. The molecular formula is C16H15FN2O2. The molecule has 0 bridgehead atoms. The number of para-hydroxylation sites is 1. The Morgan fingerprint density at radius 2 is 1.86 bits per heavy atom. The Labute approximate surface area is 122 Å². The predicted octanol–water partition coefficient (Wildman–Crippen LogP) is 3.20. The fraction of sp³-hybridized carbons (Fsp3) is 0.125. The summed E-state index contributed by atoms with van der Waals surface area (Å²) in [5, 5.41) is 6.19. The van der Waals surface area contributed by atoms with E-state index in [0.717, 1.165) is 5.56 Å². The van der Waals surface area contributed by atoms with Gasteiger partial charge in [0, 0.05) is 0 Å². The third-order valence-electron chi connectivity index (χ3n) is 2.72. The van der Waals surface area contributed by atoms with Crippen LogP contribution in [0.15, 0.2) is 59.8 Å². The second-order valence-corrected chi connectivity index (χ2v) is 4.36. The van der Waals surface area contributed by atoms with Crippen LogP contribution >= 0.6 is 0 Å². The summed E-state index contributed by atoms with van der Waals surface area (Å²) in [6.45, 7) is 1.54. The summed E-state index contributed by atoms with van der Waals surface area (Å²) in [6.07, 6.45) is 0.678. The molecule has 2 rings (SSSR count). The van der Waals surface area contributed by atoms with Gasteiger partial charge in [0.25, 0.3) is 5.91 Å². The van der Waals surface area contributed by atoms with E-state index in [-0.39, 0.29) is 5.69 Å². The second-order valence-electron chi connectivity index (χ2n) is 4.36. The van der Waals surface area contributed by atoms with Crippen molar-refractivity contribution in [1.29, 1.82) is 0 Å². The molecule has 1 atom stereocenters. The molecule has 5 heteroatoms. The highest BCUT2D eigenvalue weighted by Gasteiger charge is 2.15. The highest BCUT2D eigenvalue weighted by molar-refractivity contribution is 5.94. The maximum atomic E-state index is 13.4. The van der Waals surface area contributed by atoms with Gasteiger partial charge in [0.1, 0.15) is 5.82 Å². The van der Waals surface area contributed by atoms with Crippen LogP contribution in [0.5, 0.6) is 0 Å². The standard InChI is InChI=1S/C16H15FN2O2/c1-12(21-18-11-13-7-3-2-4-8-13)16(20)19-15-10-6-5-9-14(15)17/h2-12H,1H3,(H,19,20)/b18-11-/t12-/m0/s1. The average Bonchev–Trinajstić information content (AvgIpc) is 2.50.